The second-order valence-corrected chi connectivity index (χ2v) is 5.34. The van der Waals surface area contributed by atoms with Gasteiger partial charge >= 0.3 is 0 Å². The van der Waals surface area contributed by atoms with Crippen LogP contribution in [0.4, 0.5) is 0 Å². The molecule has 104 valence electrons. The molecular formula is C13H25N3OS. The highest BCUT2D eigenvalue weighted by Gasteiger charge is 2.07. The van der Waals surface area contributed by atoms with Gasteiger partial charge < -0.3 is 9.80 Å². The number of nitriles is 1. The molecule has 0 spiro atoms. The molecule has 0 rings (SSSR count). The van der Waals surface area contributed by atoms with Crippen molar-refractivity contribution < 1.29 is 4.79 Å². The number of hydrogen-bond acceptors (Lipinski definition) is 4. The number of thioether (sulfide) groups is 1. The quantitative estimate of drug-likeness (QED) is 0.569. The van der Waals surface area contributed by atoms with E-state index in [0.717, 1.165) is 31.1 Å². The van der Waals surface area contributed by atoms with Gasteiger partial charge in [-0.1, -0.05) is 13.8 Å². The fraction of sp³-hybridized carbons (Fsp3) is 0.846. The lowest BCUT2D eigenvalue weighted by atomic mass is 10.3. The molecule has 0 saturated heterocycles. The molecule has 1 amide bonds. The van der Waals surface area contributed by atoms with Gasteiger partial charge in [0.25, 0.3) is 0 Å². The first-order chi connectivity index (χ1) is 8.65. The van der Waals surface area contributed by atoms with Gasteiger partial charge in [-0.25, -0.2) is 0 Å². The minimum atomic E-state index is 0.139. The first-order valence-corrected chi connectivity index (χ1v) is 7.72. The zero-order valence-electron chi connectivity index (χ0n) is 11.8. The molecule has 0 bridgehead atoms. The Kier molecular flexibility index (Phi) is 10.9. The Labute approximate surface area is 115 Å². The van der Waals surface area contributed by atoms with Crippen LogP contribution in [0, 0.1) is 11.3 Å². The summed E-state index contributed by atoms with van der Waals surface area (Å²) in [7, 11) is 1.76. The number of rotatable bonds is 10. The SMILES string of the molecule is CCN(CC)CCSCCC(=O)N(C)CCC#N. The summed E-state index contributed by atoms with van der Waals surface area (Å²) < 4.78 is 0. The van der Waals surface area contributed by atoms with Gasteiger partial charge in [-0.05, 0) is 13.1 Å². The van der Waals surface area contributed by atoms with Crippen molar-refractivity contribution in [2.75, 3.05) is 44.7 Å². The van der Waals surface area contributed by atoms with E-state index in [9.17, 15) is 4.79 Å². The summed E-state index contributed by atoms with van der Waals surface area (Å²) >= 11 is 1.83. The average Bonchev–Trinajstić information content (AvgIpc) is 2.39. The van der Waals surface area contributed by atoms with Crippen LogP contribution in [-0.2, 0) is 4.79 Å². The van der Waals surface area contributed by atoms with Crippen LogP contribution in [0.15, 0.2) is 0 Å². The van der Waals surface area contributed by atoms with E-state index in [2.05, 4.69) is 24.8 Å². The molecule has 18 heavy (non-hydrogen) atoms. The molecule has 0 aliphatic heterocycles. The standard InChI is InChI=1S/C13H25N3OS/c1-4-16(5-2)10-12-18-11-7-13(17)15(3)9-6-8-14/h4-7,9-12H2,1-3H3. The molecule has 0 heterocycles. The van der Waals surface area contributed by atoms with Gasteiger partial charge in [-0.15, -0.1) is 0 Å². The molecule has 0 radical (unpaired) electrons. The molecule has 0 aromatic heterocycles. The normalized spacial score (nSPS) is 10.4. The van der Waals surface area contributed by atoms with Gasteiger partial charge in [0.05, 0.1) is 12.5 Å². The molecule has 5 heteroatoms. The van der Waals surface area contributed by atoms with Gasteiger partial charge in [0, 0.05) is 38.1 Å². The summed E-state index contributed by atoms with van der Waals surface area (Å²) in [4.78, 5) is 15.7. The Morgan fingerprint density at radius 2 is 1.89 bits per heavy atom. The van der Waals surface area contributed by atoms with Crippen LogP contribution in [0.5, 0.6) is 0 Å². The smallest absolute Gasteiger partial charge is 0.223 e. The van der Waals surface area contributed by atoms with Crippen LogP contribution in [-0.4, -0.2) is 60.4 Å². The van der Waals surface area contributed by atoms with E-state index >= 15 is 0 Å². The third-order valence-corrected chi connectivity index (χ3v) is 3.86. The van der Waals surface area contributed by atoms with Crippen LogP contribution >= 0.6 is 11.8 Å². The Morgan fingerprint density at radius 3 is 2.44 bits per heavy atom. The summed E-state index contributed by atoms with van der Waals surface area (Å²) in [5.74, 6) is 2.09. The highest BCUT2D eigenvalue weighted by molar-refractivity contribution is 7.99. The number of carbonyl (C=O) groups excluding carboxylic acids is 1. The molecule has 0 aliphatic rings. The van der Waals surface area contributed by atoms with Crippen LogP contribution in [0.25, 0.3) is 0 Å². The van der Waals surface area contributed by atoms with Crippen molar-refractivity contribution in [2.45, 2.75) is 26.7 Å². The van der Waals surface area contributed by atoms with E-state index in [1.54, 1.807) is 11.9 Å². The van der Waals surface area contributed by atoms with Gasteiger partial charge in [0.1, 0.15) is 0 Å². The Hall–Kier alpha value is -0.730. The van der Waals surface area contributed by atoms with Gasteiger partial charge in [-0.3, -0.25) is 4.79 Å². The van der Waals surface area contributed by atoms with Crippen molar-refractivity contribution in [1.29, 1.82) is 5.26 Å². The zero-order valence-corrected chi connectivity index (χ0v) is 12.6. The van der Waals surface area contributed by atoms with Crippen molar-refractivity contribution in [1.82, 2.24) is 9.80 Å². The summed E-state index contributed by atoms with van der Waals surface area (Å²) in [5, 5.41) is 8.44. The maximum atomic E-state index is 11.7. The maximum Gasteiger partial charge on any atom is 0.223 e. The number of nitrogens with zero attached hydrogens (tertiary/aromatic N) is 3. The Morgan fingerprint density at radius 1 is 1.22 bits per heavy atom. The van der Waals surface area contributed by atoms with Crippen molar-refractivity contribution in [3.05, 3.63) is 0 Å². The third-order valence-electron chi connectivity index (χ3n) is 2.89. The molecule has 0 aromatic rings. The predicted molar refractivity (Wildman–Crippen MR) is 77.6 cm³/mol. The van der Waals surface area contributed by atoms with E-state index in [-0.39, 0.29) is 5.91 Å². The topological polar surface area (TPSA) is 47.3 Å². The molecule has 0 aliphatic carbocycles. The monoisotopic (exact) mass is 271 g/mol. The van der Waals surface area contributed by atoms with Crippen LogP contribution in [0.1, 0.15) is 26.7 Å². The lowest BCUT2D eigenvalue weighted by Gasteiger charge is -2.18. The maximum absolute atomic E-state index is 11.7. The van der Waals surface area contributed by atoms with Crippen molar-refractivity contribution in [3.63, 3.8) is 0 Å². The van der Waals surface area contributed by atoms with E-state index in [0.29, 0.717) is 19.4 Å². The van der Waals surface area contributed by atoms with Crippen molar-refractivity contribution in [3.8, 4) is 6.07 Å². The van der Waals surface area contributed by atoms with Crippen LogP contribution in [0.2, 0.25) is 0 Å². The molecule has 0 unspecified atom stereocenters. The largest absolute Gasteiger partial charge is 0.345 e. The van der Waals surface area contributed by atoms with Gasteiger partial charge in [0.15, 0.2) is 0 Å². The van der Waals surface area contributed by atoms with E-state index in [4.69, 9.17) is 5.26 Å². The predicted octanol–water partition coefficient (Wildman–Crippen LogP) is 1.82. The number of hydrogen-bond donors (Lipinski definition) is 0. The first kappa shape index (κ1) is 17.3. The molecule has 0 atom stereocenters. The van der Waals surface area contributed by atoms with Gasteiger partial charge in [-0.2, -0.15) is 17.0 Å². The highest BCUT2D eigenvalue weighted by Crippen LogP contribution is 2.05. The summed E-state index contributed by atoms with van der Waals surface area (Å²) in [5.41, 5.74) is 0. The molecule has 0 N–H and O–H groups in total. The number of amides is 1. The molecule has 0 fully saturated rings. The highest BCUT2D eigenvalue weighted by atomic mass is 32.2. The second-order valence-electron chi connectivity index (χ2n) is 4.11. The Balaban J connectivity index is 3.54. The fourth-order valence-electron chi connectivity index (χ4n) is 1.53. The first-order valence-electron chi connectivity index (χ1n) is 6.56. The number of carbonyl (C=O) groups is 1. The third kappa shape index (κ3) is 8.37. The van der Waals surface area contributed by atoms with Crippen LogP contribution < -0.4 is 0 Å². The van der Waals surface area contributed by atoms with Crippen molar-refractivity contribution in [2.24, 2.45) is 0 Å². The lowest BCUT2D eigenvalue weighted by Crippen LogP contribution is -2.28. The molecule has 0 aromatic carbocycles. The second kappa shape index (κ2) is 11.4. The lowest BCUT2D eigenvalue weighted by molar-refractivity contribution is -0.129. The molecule has 4 nitrogen and oxygen atoms in total. The van der Waals surface area contributed by atoms with Gasteiger partial charge in [0.2, 0.25) is 5.91 Å². The fourth-order valence-corrected chi connectivity index (χ4v) is 2.44. The summed E-state index contributed by atoms with van der Waals surface area (Å²) in [6, 6.07) is 2.05. The van der Waals surface area contributed by atoms with E-state index < -0.39 is 0 Å². The minimum absolute atomic E-state index is 0.139. The Bertz CT molecular complexity index is 261. The minimum Gasteiger partial charge on any atom is -0.345 e. The summed E-state index contributed by atoms with van der Waals surface area (Å²) in [6.45, 7) is 8.15. The van der Waals surface area contributed by atoms with E-state index in [1.165, 1.54) is 0 Å². The van der Waals surface area contributed by atoms with E-state index in [1.807, 2.05) is 11.8 Å². The zero-order chi connectivity index (χ0) is 13.8. The summed E-state index contributed by atoms with van der Waals surface area (Å²) in [6.07, 6.45) is 0.988. The van der Waals surface area contributed by atoms with Crippen molar-refractivity contribution >= 4 is 17.7 Å². The molecule has 0 saturated carbocycles. The average molecular weight is 271 g/mol. The van der Waals surface area contributed by atoms with Crippen LogP contribution in [0.3, 0.4) is 0 Å². The molecular weight excluding hydrogens is 246 g/mol.